The average Bonchev–Trinajstić information content (AvgIpc) is 2.41. The minimum absolute atomic E-state index is 0.0109. The van der Waals surface area contributed by atoms with Gasteiger partial charge in [0.05, 0.1) is 17.6 Å². The topological polar surface area (TPSA) is 50.4 Å². The Morgan fingerprint density at radius 3 is 2.52 bits per heavy atom. The van der Waals surface area contributed by atoms with Crippen LogP contribution in [0, 0.1) is 5.92 Å². The molecule has 0 aliphatic carbocycles. The number of benzene rings is 1. The van der Waals surface area contributed by atoms with E-state index in [4.69, 9.17) is 4.74 Å². The Balaban J connectivity index is 2.64. The largest absolute Gasteiger partial charge is 0.495 e. The Morgan fingerprint density at radius 1 is 1.29 bits per heavy atom. The molecule has 0 spiro atoms. The van der Waals surface area contributed by atoms with Crippen LogP contribution in [0.5, 0.6) is 5.75 Å². The molecule has 0 fully saturated rings. The number of amides is 1. The lowest BCUT2D eigenvalue weighted by Gasteiger charge is -2.17. The van der Waals surface area contributed by atoms with E-state index >= 15 is 0 Å². The Bertz CT molecular complexity index is 493. The first-order valence-electron chi connectivity index (χ1n) is 6.88. The molecule has 0 aliphatic rings. The van der Waals surface area contributed by atoms with Crippen molar-refractivity contribution in [1.29, 1.82) is 0 Å². The molecule has 2 N–H and O–H groups in total. The first kappa shape index (κ1) is 18.5. The van der Waals surface area contributed by atoms with Crippen molar-refractivity contribution in [2.24, 2.45) is 5.92 Å². The summed E-state index contributed by atoms with van der Waals surface area (Å²) < 4.78 is 7.24. The van der Waals surface area contributed by atoms with Crippen molar-refractivity contribution in [3.8, 4) is 5.75 Å². The number of ether oxygens (including phenoxy) is 1. The Kier molecular flexibility index (Phi) is 7.70. The van der Waals surface area contributed by atoms with Crippen LogP contribution in [0.25, 0.3) is 0 Å². The normalized spacial score (nSPS) is 12.3. The number of hydrogen-bond acceptors (Lipinski definition) is 3. The van der Waals surface area contributed by atoms with Gasteiger partial charge in [0.25, 0.3) is 0 Å². The summed E-state index contributed by atoms with van der Waals surface area (Å²) in [4.78, 5) is 11.9. The smallest absolute Gasteiger partial charge is 0.236 e. The summed E-state index contributed by atoms with van der Waals surface area (Å²) in [6.07, 6.45) is 0. The Morgan fingerprint density at radius 2 is 1.95 bits per heavy atom. The van der Waals surface area contributed by atoms with Crippen LogP contribution < -0.4 is 15.4 Å². The highest BCUT2D eigenvalue weighted by Gasteiger charge is 2.14. The second-order valence-corrected chi connectivity index (χ2v) is 7.09. The summed E-state index contributed by atoms with van der Waals surface area (Å²) in [5.74, 6) is 1.24. The van der Waals surface area contributed by atoms with Gasteiger partial charge < -0.3 is 15.4 Å². The molecule has 1 aromatic carbocycles. The van der Waals surface area contributed by atoms with Crippen molar-refractivity contribution in [2.45, 2.75) is 33.4 Å². The molecule has 0 aromatic heterocycles. The molecule has 1 rings (SSSR count). The molecule has 0 saturated heterocycles. The first-order chi connectivity index (χ1) is 9.85. The SMILES string of the molecule is COc1c(Br)cc(Br)cc1CNC(C)C(=O)NCC(C)C. The minimum atomic E-state index is -0.258. The third kappa shape index (κ3) is 5.96. The number of halogens is 2. The lowest BCUT2D eigenvalue weighted by Crippen LogP contribution is -2.43. The van der Waals surface area contributed by atoms with E-state index in [9.17, 15) is 4.79 Å². The maximum Gasteiger partial charge on any atom is 0.236 e. The maximum atomic E-state index is 11.9. The van der Waals surface area contributed by atoms with E-state index in [1.165, 1.54) is 0 Å². The number of rotatable bonds is 7. The molecule has 0 bridgehead atoms. The van der Waals surface area contributed by atoms with Crippen LogP contribution in [0.2, 0.25) is 0 Å². The molecule has 1 aromatic rings. The van der Waals surface area contributed by atoms with Crippen LogP contribution in [0.15, 0.2) is 21.1 Å². The van der Waals surface area contributed by atoms with E-state index in [1.807, 2.05) is 19.1 Å². The molecule has 0 saturated carbocycles. The van der Waals surface area contributed by atoms with Crippen LogP contribution in [-0.4, -0.2) is 25.6 Å². The van der Waals surface area contributed by atoms with Crippen molar-refractivity contribution in [2.75, 3.05) is 13.7 Å². The van der Waals surface area contributed by atoms with Crippen molar-refractivity contribution < 1.29 is 9.53 Å². The summed E-state index contributed by atoms with van der Waals surface area (Å²) in [6, 6.07) is 3.66. The molecule has 1 amide bonds. The minimum Gasteiger partial charge on any atom is -0.495 e. The van der Waals surface area contributed by atoms with Gasteiger partial charge in [-0.05, 0) is 40.9 Å². The monoisotopic (exact) mass is 420 g/mol. The lowest BCUT2D eigenvalue weighted by atomic mass is 10.2. The summed E-state index contributed by atoms with van der Waals surface area (Å²) in [5.41, 5.74) is 0.988. The third-order valence-corrected chi connectivity index (χ3v) is 4.01. The molecule has 0 heterocycles. The lowest BCUT2D eigenvalue weighted by molar-refractivity contribution is -0.122. The number of hydrogen-bond donors (Lipinski definition) is 2. The van der Waals surface area contributed by atoms with Gasteiger partial charge in [0.2, 0.25) is 5.91 Å². The molecule has 4 nitrogen and oxygen atoms in total. The standard InChI is InChI=1S/C15H22Br2N2O2/c1-9(2)7-19-15(20)10(3)18-8-11-5-12(16)6-13(17)14(11)21-4/h5-6,9-10,18H,7-8H2,1-4H3,(H,19,20). The molecular weight excluding hydrogens is 400 g/mol. The van der Waals surface area contributed by atoms with E-state index in [-0.39, 0.29) is 11.9 Å². The summed E-state index contributed by atoms with van der Waals surface area (Å²) in [7, 11) is 1.64. The van der Waals surface area contributed by atoms with Gasteiger partial charge in [0.1, 0.15) is 5.75 Å². The van der Waals surface area contributed by atoms with Gasteiger partial charge in [-0.3, -0.25) is 4.79 Å². The van der Waals surface area contributed by atoms with Crippen molar-refractivity contribution in [1.82, 2.24) is 10.6 Å². The van der Waals surface area contributed by atoms with Crippen LogP contribution >= 0.6 is 31.9 Å². The summed E-state index contributed by atoms with van der Waals surface area (Å²) in [5, 5.41) is 6.14. The molecule has 1 unspecified atom stereocenters. The van der Waals surface area contributed by atoms with Crippen molar-refractivity contribution in [3.05, 3.63) is 26.6 Å². The highest BCUT2D eigenvalue weighted by Crippen LogP contribution is 2.32. The number of carbonyl (C=O) groups excluding carboxylic acids is 1. The fraction of sp³-hybridized carbons (Fsp3) is 0.533. The molecule has 1 atom stereocenters. The van der Waals surface area contributed by atoms with Gasteiger partial charge >= 0.3 is 0 Å². The maximum absolute atomic E-state index is 11.9. The fourth-order valence-electron chi connectivity index (χ4n) is 1.79. The van der Waals surface area contributed by atoms with Gasteiger partial charge in [0.15, 0.2) is 0 Å². The van der Waals surface area contributed by atoms with Gasteiger partial charge in [-0.15, -0.1) is 0 Å². The molecule has 0 aliphatic heterocycles. The molecule has 6 heteroatoms. The zero-order chi connectivity index (χ0) is 16.0. The average molecular weight is 422 g/mol. The number of nitrogens with one attached hydrogen (secondary N) is 2. The molecule has 0 radical (unpaired) electrons. The van der Waals surface area contributed by atoms with Crippen molar-refractivity contribution >= 4 is 37.8 Å². The van der Waals surface area contributed by atoms with Gasteiger partial charge in [-0.25, -0.2) is 0 Å². The molecular formula is C15H22Br2N2O2. The van der Waals surface area contributed by atoms with Crippen LogP contribution in [-0.2, 0) is 11.3 Å². The zero-order valence-electron chi connectivity index (χ0n) is 12.8. The number of carbonyl (C=O) groups is 1. The van der Waals surface area contributed by atoms with E-state index < -0.39 is 0 Å². The van der Waals surface area contributed by atoms with E-state index in [2.05, 4.69) is 56.3 Å². The van der Waals surface area contributed by atoms with Gasteiger partial charge in [-0.1, -0.05) is 29.8 Å². The predicted octanol–water partition coefficient (Wildman–Crippen LogP) is 3.47. The summed E-state index contributed by atoms with van der Waals surface area (Å²) in [6.45, 7) is 7.24. The van der Waals surface area contributed by atoms with Crippen LogP contribution in [0.1, 0.15) is 26.3 Å². The van der Waals surface area contributed by atoms with Gasteiger partial charge in [0, 0.05) is 23.1 Å². The second-order valence-electron chi connectivity index (χ2n) is 5.32. The Labute approximate surface area is 143 Å². The van der Waals surface area contributed by atoms with E-state index in [0.717, 1.165) is 20.3 Å². The van der Waals surface area contributed by atoms with Gasteiger partial charge in [-0.2, -0.15) is 0 Å². The predicted molar refractivity (Wildman–Crippen MR) is 92.5 cm³/mol. The van der Waals surface area contributed by atoms with Crippen LogP contribution in [0.3, 0.4) is 0 Å². The zero-order valence-corrected chi connectivity index (χ0v) is 16.0. The first-order valence-corrected chi connectivity index (χ1v) is 8.46. The van der Waals surface area contributed by atoms with E-state index in [0.29, 0.717) is 19.0 Å². The highest BCUT2D eigenvalue weighted by molar-refractivity contribution is 9.11. The summed E-state index contributed by atoms with van der Waals surface area (Å²) >= 11 is 6.93. The Hall–Kier alpha value is -0.590. The molecule has 118 valence electrons. The number of methoxy groups -OCH3 is 1. The van der Waals surface area contributed by atoms with Crippen molar-refractivity contribution in [3.63, 3.8) is 0 Å². The quantitative estimate of drug-likeness (QED) is 0.708. The molecule has 21 heavy (non-hydrogen) atoms. The highest BCUT2D eigenvalue weighted by atomic mass is 79.9. The fourth-order valence-corrected chi connectivity index (χ4v) is 3.26. The second kappa shape index (κ2) is 8.76. The third-order valence-electron chi connectivity index (χ3n) is 2.97. The van der Waals surface area contributed by atoms with E-state index in [1.54, 1.807) is 7.11 Å². The van der Waals surface area contributed by atoms with Crippen LogP contribution in [0.4, 0.5) is 0 Å².